The molecule has 0 spiro atoms. The monoisotopic (exact) mass is 371 g/mol. The molecule has 22 heavy (non-hydrogen) atoms. The Balaban J connectivity index is 0.000000354. The van der Waals surface area contributed by atoms with Gasteiger partial charge < -0.3 is 6.42 Å². The van der Waals surface area contributed by atoms with E-state index in [0.717, 1.165) is 22.7 Å². The van der Waals surface area contributed by atoms with Crippen LogP contribution >= 0.6 is 24.8 Å². The zero-order chi connectivity index (χ0) is 12.9. The largest absolute Gasteiger partial charge is 2.00 e. The van der Waals surface area contributed by atoms with E-state index in [1.807, 2.05) is 30.3 Å². The maximum Gasteiger partial charge on any atom is 2.00 e. The third-order valence-corrected chi connectivity index (χ3v) is 3.67. The Kier molecular flexibility index (Phi) is 10.5. The van der Waals surface area contributed by atoms with Gasteiger partial charge in [0.25, 0.3) is 0 Å². The molecule has 0 radical (unpaired) electrons. The Morgan fingerprint density at radius 2 is 1.86 bits per heavy atom. The van der Waals surface area contributed by atoms with Gasteiger partial charge in [-0.25, -0.2) is 0 Å². The topological polar surface area (TPSA) is 12.9 Å². The third-order valence-electron chi connectivity index (χ3n) is 3.67. The summed E-state index contributed by atoms with van der Waals surface area (Å²) in [6, 6.07) is 12.9. The molecule has 0 aliphatic heterocycles. The number of hydrogen-bond donors (Lipinski definition) is 0. The zero-order valence-corrected chi connectivity index (χ0v) is 15.0. The van der Waals surface area contributed by atoms with E-state index in [0.29, 0.717) is 0 Å². The average molecular weight is 372 g/mol. The molecule has 2 aromatic rings. The molecule has 1 fully saturated rings. The SMILES string of the molecule is C1=CC2[CH-]CCC2C=C1.Cl.Cl.[Cr+2].[c-]1cccc2cccnc12. The summed E-state index contributed by atoms with van der Waals surface area (Å²) in [5, 5.41) is 1.14. The number of aromatic nitrogens is 1. The number of rotatable bonds is 0. The number of fused-ring (bicyclic) bond motifs is 2. The molecule has 116 valence electrons. The fraction of sp³-hybridized carbons (Fsp3) is 0.222. The Bertz CT molecular complexity index is 529. The van der Waals surface area contributed by atoms with Gasteiger partial charge in [0.05, 0.1) is 0 Å². The molecule has 0 amide bonds. The minimum Gasteiger partial charge on any atom is -0.321 e. The maximum atomic E-state index is 4.13. The van der Waals surface area contributed by atoms with Gasteiger partial charge in [-0.2, -0.15) is 30.7 Å². The van der Waals surface area contributed by atoms with Crippen molar-refractivity contribution in [2.45, 2.75) is 12.8 Å². The second kappa shape index (κ2) is 10.9. The van der Waals surface area contributed by atoms with E-state index in [9.17, 15) is 0 Å². The molecule has 2 aliphatic carbocycles. The first kappa shape index (κ1) is 21.2. The molecular weight excluding hydrogens is 353 g/mol. The predicted octanol–water partition coefficient (Wildman–Crippen LogP) is 5.22. The van der Waals surface area contributed by atoms with Gasteiger partial charge in [-0.3, -0.25) is 4.98 Å². The van der Waals surface area contributed by atoms with Crippen molar-refractivity contribution < 1.29 is 17.4 Å². The first-order chi connectivity index (χ1) is 9.43. The third kappa shape index (κ3) is 5.45. The van der Waals surface area contributed by atoms with Crippen LogP contribution in [0.25, 0.3) is 10.9 Å². The van der Waals surface area contributed by atoms with Gasteiger partial charge in [-0.15, -0.1) is 48.3 Å². The van der Waals surface area contributed by atoms with E-state index >= 15 is 0 Å². The van der Waals surface area contributed by atoms with Gasteiger partial charge in [0.15, 0.2) is 0 Å². The quantitative estimate of drug-likeness (QED) is 0.578. The number of pyridine rings is 1. The van der Waals surface area contributed by atoms with Crippen LogP contribution in [0, 0.1) is 24.3 Å². The van der Waals surface area contributed by atoms with Crippen LogP contribution in [0.1, 0.15) is 12.8 Å². The average Bonchev–Trinajstić information content (AvgIpc) is 2.96. The van der Waals surface area contributed by atoms with Crippen LogP contribution < -0.4 is 0 Å². The summed E-state index contributed by atoms with van der Waals surface area (Å²) in [7, 11) is 0. The van der Waals surface area contributed by atoms with E-state index in [4.69, 9.17) is 0 Å². The Morgan fingerprint density at radius 3 is 2.64 bits per heavy atom. The van der Waals surface area contributed by atoms with Crippen molar-refractivity contribution in [3.05, 3.63) is 73.3 Å². The van der Waals surface area contributed by atoms with Crippen molar-refractivity contribution in [1.82, 2.24) is 4.98 Å². The molecule has 0 saturated heterocycles. The van der Waals surface area contributed by atoms with Gasteiger partial charge in [0.1, 0.15) is 0 Å². The van der Waals surface area contributed by atoms with Crippen molar-refractivity contribution in [2.75, 3.05) is 0 Å². The van der Waals surface area contributed by atoms with Crippen molar-refractivity contribution in [2.24, 2.45) is 11.8 Å². The van der Waals surface area contributed by atoms with Crippen LogP contribution in [0.5, 0.6) is 0 Å². The minimum atomic E-state index is 0. The number of benzene rings is 1. The number of hydrogen-bond acceptors (Lipinski definition) is 1. The van der Waals surface area contributed by atoms with Gasteiger partial charge in [0, 0.05) is 6.20 Å². The standard InChI is InChI=1S/C9H6N.C9H11.2ClH.Cr/c1-2-6-9-8(4-1)5-3-7-10-9;1-2-5-9-7-3-6-8(9)4-1;;;/h1-5,7H;1-2,4-6,8-9H,3,7H2;2*1H;/q2*-1;;;+2. The maximum absolute atomic E-state index is 4.13. The fourth-order valence-electron chi connectivity index (χ4n) is 2.65. The first-order valence-electron chi connectivity index (χ1n) is 6.83. The number of para-hydroxylation sites is 1. The molecule has 2 atom stereocenters. The second-order valence-electron chi connectivity index (χ2n) is 4.94. The van der Waals surface area contributed by atoms with Crippen molar-refractivity contribution in [3.8, 4) is 0 Å². The molecule has 0 bridgehead atoms. The van der Waals surface area contributed by atoms with Crippen LogP contribution in [0.2, 0.25) is 0 Å². The number of halogens is 2. The van der Waals surface area contributed by atoms with Crippen LogP contribution in [-0.2, 0) is 17.4 Å². The number of allylic oxidation sites excluding steroid dienone is 4. The molecule has 1 aromatic heterocycles. The summed E-state index contributed by atoms with van der Waals surface area (Å²) >= 11 is 0. The van der Waals surface area contributed by atoms with E-state index in [1.54, 1.807) is 6.20 Å². The van der Waals surface area contributed by atoms with Gasteiger partial charge in [0.2, 0.25) is 0 Å². The molecule has 1 saturated carbocycles. The van der Waals surface area contributed by atoms with E-state index < -0.39 is 0 Å². The fourth-order valence-corrected chi connectivity index (χ4v) is 2.65. The molecule has 4 heteroatoms. The summed E-state index contributed by atoms with van der Waals surface area (Å²) < 4.78 is 0. The van der Waals surface area contributed by atoms with Crippen molar-refractivity contribution >= 4 is 35.7 Å². The van der Waals surface area contributed by atoms with Gasteiger partial charge >= 0.3 is 17.4 Å². The Labute approximate surface area is 155 Å². The number of nitrogens with zero attached hydrogens (tertiary/aromatic N) is 1. The van der Waals surface area contributed by atoms with Gasteiger partial charge in [-0.1, -0.05) is 30.7 Å². The molecular formula is C18H19Cl2CrN. The predicted molar refractivity (Wildman–Crippen MR) is 93.9 cm³/mol. The normalized spacial score (nSPS) is 20.5. The summed E-state index contributed by atoms with van der Waals surface area (Å²) in [6.45, 7) is 0. The summed E-state index contributed by atoms with van der Waals surface area (Å²) in [4.78, 5) is 4.13. The molecule has 1 aromatic carbocycles. The second-order valence-corrected chi connectivity index (χ2v) is 4.94. The smallest absolute Gasteiger partial charge is 0.321 e. The van der Waals surface area contributed by atoms with Crippen LogP contribution in [0.15, 0.2) is 60.8 Å². The Hall–Kier alpha value is -0.778. The molecule has 1 heterocycles. The first-order valence-corrected chi connectivity index (χ1v) is 6.83. The zero-order valence-electron chi connectivity index (χ0n) is 12.1. The summed E-state index contributed by atoms with van der Waals surface area (Å²) in [5.74, 6) is 1.62. The molecule has 1 nitrogen and oxygen atoms in total. The molecule has 2 aliphatic rings. The van der Waals surface area contributed by atoms with E-state index in [1.165, 1.54) is 12.8 Å². The molecule has 4 rings (SSSR count). The van der Waals surface area contributed by atoms with Crippen LogP contribution in [0.3, 0.4) is 0 Å². The van der Waals surface area contributed by atoms with E-state index in [2.05, 4.69) is 41.8 Å². The van der Waals surface area contributed by atoms with Crippen molar-refractivity contribution in [3.63, 3.8) is 0 Å². The van der Waals surface area contributed by atoms with Crippen LogP contribution in [-0.4, -0.2) is 4.98 Å². The molecule has 2 unspecified atom stereocenters. The summed E-state index contributed by atoms with van der Waals surface area (Å²) in [5.41, 5.74) is 0.935. The van der Waals surface area contributed by atoms with E-state index in [-0.39, 0.29) is 42.2 Å². The minimum absolute atomic E-state index is 0. The van der Waals surface area contributed by atoms with Crippen LogP contribution in [0.4, 0.5) is 0 Å². The molecule has 0 N–H and O–H groups in total. The van der Waals surface area contributed by atoms with Crippen molar-refractivity contribution in [1.29, 1.82) is 0 Å². The Morgan fingerprint density at radius 1 is 1.09 bits per heavy atom. The summed E-state index contributed by atoms with van der Waals surface area (Å²) in [6.07, 6.45) is 15.8. The van der Waals surface area contributed by atoms with Gasteiger partial charge in [-0.05, 0) is 11.4 Å².